The predicted molar refractivity (Wildman–Crippen MR) is 92.5 cm³/mol. The van der Waals surface area contributed by atoms with E-state index in [0.29, 0.717) is 6.54 Å². The van der Waals surface area contributed by atoms with Gasteiger partial charge in [0, 0.05) is 49.4 Å². The normalized spacial score (nSPS) is 22.3. The maximum absolute atomic E-state index is 12.3. The molecule has 1 atom stereocenters. The number of carbonyl (C=O) groups excluding carboxylic acids is 1. The summed E-state index contributed by atoms with van der Waals surface area (Å²) in [6.07, 6.45) is 2.11. The first-order valence-corrected chi connectivity index (χ1v) is 9.23. The predicted octanol–water partition coefficient (Wildman–Crippen LogP) is 1.05. The maximum atomic E-state index is 12.3. The fourth-order valence-electron chi connectivity index (χ4n) is 3.67. The van der Waals surface area contributed by atoms with E-state index in [-0.39, 0.29) is 17.6 Å². The van der Waals surface area contributed by atoms with Gasteiger partial charge in [0.2, 0.25) is 0 Å². The van der Waals surface area contributed by atoms with Gasteiger partial charge in [0.1, 0.15) is 0 Å². The maximum Gasteiger partial charge on any atom is 0.317 e. The van der Waals surface area contributed by atoms with Crippen molar-refractivity contribution < 1.29 is 4.79 Å². The van der Waals surface area contributed by atoms with Gasteiger partial charge in [-0.1, -0.05) is 0 Å². The number of aromatic nitrogens is 2. The molecule has 2 aliphatic heterocycles. The zero-order valence-corrected chi connectivity index (χ0v) is 14.5. The van der Waals surface area contributed by atoms with Crippen molar-refractivity contribution in [3.8, 4) is 0 Å². The molecule has 2 aliphatic rings. The molecule has 0 bridgehead atoms. The molecular weight excluding hydrogens is 326 g/mol. The van der Waals surface area contributed by atoms with Crippen molar-refractivity contribution in [3.63, 3.8) is 0 Å². The Morgan fingerprint density at radius 2 is 2.25 bits per heavy atom. The van der Waals surface area contributed by atoms with Crippen LogP contribution in [0.3, 0.4) is 0 Å². The smallest absolute Gasteiger partial charge is 0.317 e. The van der Waals surface area contributed by atoms with E-state index in [0.717, 1.165) is 55.4 Å². The van der Waals surface area contributed by atoms with Crippen molar-refractivity contribution in [2.24, 2.45) is 0 Å². The zero-order valence-electron chi connectivity index (χ0n) is 13.7. The van der Waals surface area contributed by atoms with Crippen LogP contribution in [0, 0.1) is 6.92 Å². The van der Waals surface area contributed by atoms with Gasteiger partial charge in [-0.3, -0.25) is 14.1 Å². The fourth-order valence-corrected chi connectivity index (χ4v) is 4.57. The van der Waals surface area contributed by atoms with Crippen molar-refractivity contribution in [2.75, 3.05) is 26.2 Å². The Labute approximate surface area is 143 Å². The molecule has 2 fully saturated rings. The molecule has 8 heteroatoms. The minimum atomic E-state index is -0.0127. The van der Waals surface area contributed by atoms with Gasteiger partial charge in [-0.15, -0.1) is 11.3 Å². The summed E-state index contributed by atoms with van der Waals surface area (Å²) in [7, 11) is 0. The number of piperidine rings is 1. The number of urea groups is 1. The van der Waals surface area contributed by atoms with Crippen LogP contribution in [0.25, 0.3) is 4.96 Å². The lowest BCUT2D eigenvalue weighted by atomic mass is 10.0. The zero-order chi connectivity index (χ0) is 16.7. The van der Waals surface area contributed by atoms with Crippen LogP contribution in [0.15, 0.2) is 16.2 Å². The number of fused-ring (bicyclic) bond motifs is 1. The average molecular weight is 347 g/mol. The summed E-state index contributed by atoms with van der Waals surface area (Å²) in [5.41, 5.74) is 1.73. The Morgan fingerprint density at radius 3 is 3.04 bits per heavy atom. The lowest BCUT2D eigenvalue weighted by Crippen LogP contribution is -2.48. The summed E-state index contributed by atoms with van der Waals surface area (Å²) in [4.78, 5) is 33.8. The van der Waals surface area contributed by atoms with Crippen molar-refractivity contribution in [2.45, 2.75) is 32.4 Å². The van der Waals surface area contributed by atoms with E-state index in [2.05, 4.69) is 15.2 Å². The first kappa shape index (κ1) is 15.6. The lowest BCUT2D eigenvalue weighted by Gasteiger charge is -2.36. The molecule has 128 valence electrons. The number of hydrogen-bond donors (Lipinski definition) is 1. The molecule has 24 heavy (non-hydrogen) atoms. The highest BCUT2D eigenvalue weighted by Gasteiger charge is 2.31. The topological polar surface area (TPSA) is 70.0 Å². The second kappa shape index (κ2) is 6.18. The number of carbonyl (C=O) groups is 1. The summed E-state index contributed by atoms with van der Waals surface area (Å²) in [6, 6.07) is 1.95. The molecular formula is C16H21N5O2S. The van der Waals surface area contributed by atoms with Crippen LogP contribution in [0.5, 0.6) is 0 Å². The standard InChI is InChI=1S/C16H21N5O2S/c1-11-10-24-16-18-12(7-14(22)21(11)16)8-19-5-2-3-13(9-19)20-6-4-17-15(20)23/h7,10,13H,2-6,8-9H2,1H3,(H,17,23)/t13-/m0/s1. The van der Waals surface area contributed by atoms with E-state index in [1.165, 1.54) is 11.3 Å². The van der Waals surface area contributed by atoms with Crippen LogP contribution in [0.4, 0.5) is 4.79 Å². The van der Waals surface area contributed by atoms with E-state index in [1.54, 1.807) is 10.5 Å². The molecule has 2 saturated heterocycles. The Kier molecular flexibility index (Phi) is 4.01. The minimum absolute atomic E-state index is 0.0127. The van der Waals surface area contributed by atoms with E-state index in [4.69, 9.17) is 0 Å². The van der Waals surface area contributed by atoms with E-state index >= 15 is 0 Å². The number of amides is 2. The molecule has 4 rings (SSSR count). The van der Waals surface area contributed by atoms with Gasteiger partial charge in [0.05, 0.1) is 5.69 Å². The van der Waals surface area contributed by atoms with Gasteiger partial charge in [-0.05, 0) is 26.3 Å². The summed E-state index contributed by atoms with van der Waals surface area (Å²) < 4.78 is 1.65. The largest absolute Gasteiger partial charge is 0.336 e. The number of nitrogens with one attached hydrogen (secondary N) is 1. The van der Waals surface area contributed by atoms with E-state index in [9.17, 15) is 9.59 Å². The van der Waals surface area contributed by atoms with Gasteiger partial charge < -0.3 is 10.2 Å². The molecule has 1 N–H and O–H groups in total. The van der Waals surface area contributed by atoms with Gasteiger partial charge >= 0.3 is 6.03 Å². The average Bonchev–Trinajstić information content (AvgIpc) is 3.14. The number of nitrogens with zero attached hydrogens (tertiary/aromatic N) is 4. The van der Waals surface area contributed by atoms with Crippen LogP contribution in [0.1, 0.15) is 24.2 Å². The number of likely N-dealkylation sites (tertiary alicyclic amines) is 1. The summed E-state index contributed by atoms with van der Waals surface area (Å²) >= 11 is 1.50. The van der Waals surface area contributed by atoms with Crippen LogP contribution in [-0.2, 0) is 6.54 Å². The highest BCUT2D eigenvalue weighted by molar-refractivity contribution is 7.15. The molecule has 0 radical (unpaired) electrons. The Balaban J connectivity index is 1.50. The summed E-state index contributed by atoms with van der Waals surface area (Å²) in [5, 5.41) is 4.83. The SMILES string of the molecule is Cc1csc2nc(CN3CCC[C@H](N4CCNC4=O)C3)cc(=O)n12. The molecule has 2 aromatic heterocycles. The van der Waals surface area contributed by atoms with Gasteiger partial charge in [-0.25, -0.2) is 9.78 Å². The number of hydrogen-bond acceptors (Lipinski definition) is 5. The monoisotopic (exact) mass is 347 g/mol. The first-order chi connectivity index (χ1) is 11.6. The number of rotatable bonds is 3. The molecule has 2 aromatic rings. The lowest BCUT2D eigenvalue weighted by molar-refractivity contribution is 0.121. The van der Waals surface area contributed by atoms with Crippen molar-refractivity contribution in [3.05, 3.63) is 33.2 Å². The highest BCUT2D eigenvalue weighted by atomic mass is 32.1. The van der Waals surface area contributed by atoms with Crippen molar-refractivity contribution >= 4 is 22.3 Å². The quantitative estimate of drug-likeness (QED) is 0.901. The summed E-state index contributed by atoms with van der Waals surface area (Å²) in [6.45, 7) is 5.94. The Bertz CT molecular complexity index is 829. The van der Waals surface area contributed by atoms with Gasteiger partial charge in [0.25, 0.3) is 5.56 Å². The molecule has 0 saturated carbocycles. The molecule has 7 nitrogen and oxygen atoms in total. The molecule has 0 spiro atoms. The van der Waals surface area contributed by atoms with Gasteiger partial charge in [0.15, 0.2) is 4.96 Å². The Morgan fingerprint density at radius 1 is 1.38 bits per heavy atom. The second-order valence-corrected chi connectivity index (χ2v) is 7.37. The number of aryl methyl sites for hydroxylation is 1. The molecule has 0 aliphatic carbocycles. The first-order valence-electron chi connectivity index (χ1n) is 8.35. The van der Waals surface area contributed by atoms with Crippen LogP contribution < -0.4 is 10.9 Å². The van der Waals surface area contributed by atoms with Crippen LogP contribution in [0.2, 0.25) is 0 Å². The molecule has 4 heterocycles. The third-order valence-electron chi connectivity index (χ3n) is 4.83. The minimum Gasteiger partial charge on any atom is -0.336 e. The van der Waals surface area contributed by atoms with Crippen molar-refractivity contribution in [1.29, 1.82) is 0 Å². The van der Waals surface area contributed by atoms with E-state index in [1.807, 2.05) is 17.2 Å². The fraction of sp³-hybridized carbons (Fsp3) is 0.562. The molecule has 2 amide bonds. The molecule has 0 unspecified atom stereocenters. The van der Waals surface area contributed by atoms with Gasteiger partial charge in [-0.2, -0.15) is 0 Å². The van der Waals surface area contributed by atoms with Crippen LogP contribution >= 0.6 is 11.3 Å². The highest BCUT2D eigenvalue weighted by Crippen LogP contribution is 2.19. The number of thiazole rings is 1. The summed E-state index contributed by atoms with van der Waals surface area (Å²) in [5.74, 6) is 0. The second-order valence-electron chi connectivity index (χ2n) is 6.54. The third-order valence-corrected chi connectivity index (χ3v) is 5.77. The van der Waals surface area contributed by atoms with Crippen molar-refractivity contribution in [1.82, 2.24) is 24.5 Å². The van der Waals surface area contributed by atoms with Crippen LogP contribution in [-0.4, -0.2) is 57.4 Å². The molecule has 0 aromatic carbocycles. The van der Waals surface area contributed by atoms with E-state index < -0.39 is 0 Å². The Hall–Kier alpha value is -1.93. The third kappa shape index (κ3) is 2.80.